The molecule has 2 nitrogen and oxygen atoms in total. The molecule has 1 unspecified atom stereocenters. The van der Waals surface area contributed by atoms with Gasteiger partial charge in [0, 0.05) is 16.9 Å². The summed E-state index contributed by atoms with van der Waals surface area (Å²) in [5.74, 6) is -0.0933. The van der Waals surface area contributed by atoms with Crippen LogP contribution < -0.4 is 5.32 Å². The van der Waals surface area contributed by atoms with Gasteiger partial charge in [0.15, 0.2) is 0 Å². The van der Waals surface area contributed by atoms with Gasteiger partial charge in [-0.2, -0.15) is 0 Å². The largest absolute Gasteiger partial charge is 0.348 e. The van der Waals surface area contributed by atoms with Gasteiger partial charge in [0.1, 0.15) is 5.82 Å². The molecule has 0 aromatic heterocycles. The number of hydrogen-bond acceptors (Lipinski definition) is 1. The van der Waals surface area contributed by atoms with E-state index in [4.69, 9.17) is 0 Å². The predicted octanol–water partition coefficient (Wildman–Crippen LogP) is 3.67. The van der Waals surface area contributed by atoms with Crippen LogP contribution in [0.4, 0.5) is 4.39 Å². The molecule has 1 rings (SSSR count). The molecule has 0 fully saturated rings. The number of benzene rings is 1. The first-order chi connectivity index (χ1) is 8.42. The summed E-state index contributed by atoms with van der Waals surface area (Å²) in [5.41, 5.74) is 1.13. The highest BCUT2D eigenvalue weighted by atomic mass is 79.9. The van der Waals surface area contributed by atoms with Crippen molar-refractivity contribution >= 4 is 21.8 Å². The van der Waals surface area contributed by atoms with Gasteiger partial charge in [0.25, 0.3) is 5.91 Å². The summed E-state index contributed by atoms with van der Waals surface area (Å²) in [4.78, 5) is 12.0. The minimum Gasteiger partial charge on any atom is -0.348 e. The van der Waals surface area contributed by atoms with Crippen LogP contribution in [0, 0.1) is 18.7 Å². The molecular formula is C14H19BrFNO. The second kappa shape index (κ2) is 6.88. The van der Waals surface area contributed by atoms with Gasteiger partial charge in [-0.3, -0.25) is 4.79 Å². The molecule has 1 amide bonds. The van der Waals surface area contributed by atoms with Crippen molar-refractivity contribution in [2.24, 2.45) is 5.92 Å². The minimum absolute atomic E-state index is 0.0704. The molecule has 18 heavy (non-hydrogen) atoms. The summed E-state index contributed by atoms with van der Waals surface area (Å²) >= 11 is 3.39. The molecule has 1 atom stereocenters. The topological polar surface area (TPSA) is 29.1 Å². The molecule has 0 saturated carbocycles. The van der Waals surface area contributed by atoms with Crippen LogP contribution >= 0.6 is 15.9 Å². The summed E-state index contributed by atoms with van der Waals surface area (Å²) in [6, 6.07) is 4.44. The summed E-state index contributed by atoms with van der Waals surface area (Å²) < 4.78 is 13.2. The number of hydrogen-bond donors (Lipinski definition) is 1. The lowest BCUT2D eigenvalue weighted by Gasteiger charge is -2.18. The highest BCUT2D eigenvalue weighted by molar-refractivity contribution is 9.09. The molecule has 0 aliphatic heterocycles. The van der Waals surface area contributed by atoms with E-state index in [0.29, 0.717) is 16.8 Å². The first kappa shape index (κ1) is 15.2. The molecule has 1 aromatic rings. The molecule has 1 N–H and O–H groups in total. The van der Waals surface area contributed by atoms with Crippen LogP contribution in [0.2, 0.25) is 0 Å². The molecule has 4 heteroatoms. The highest BCUT2D eigenvalue weighted by Crippen LogP contribution is 2.11. The molecule has 0 saturated heterocycles. The standard InChI is InChI=1S/C14H19BrFNO/c1-9(2)4-13(8-15)17-14(18)11-5-10(3)6-12(16)7-11/h5-7,9,13H,4,8H2,1-3H3,(H,17,18). The fourth-order valence-corrected chi connectivity index (χ4v) is 2.29. The third-order valence-electron chi connectivity index (χ3n) is 2.58. The van der Waals surface area contributed by atoms with Gasteiger partial charge in [0.2, 0.25) is 0 Å². The molecule has 0 radical (unpaired) electrons. The van der Waals surface area contributed by atoms with Crippen LogP contribution in [-0.4, -0.2) is 17.3 Å². The van der Waals surface area contributed by atoms with Crippen molar-refractivity contribution < 1.29 is 9.18 Å². The number of amides is 1. The van der Waals surface area contributed by atoms with E-state index in [0.717, 1.165) is 12.0 Å². The van der Waals surface area contributed by atoms with Crippen LogP contribution in [0.15, 0.2) is 18.2 Å². The SMILES string of the molecule is Cc1cc(F)cc(C(=O)NC(CBr)CC(C)C)c1. The Hall–Kier alpha value is -0.900. The number of halogens is 2. The minimum atomic E-state index is -0.376. The van der Waals surface area contributed by atoms with Crippen LogP contribution in [0.5, 0.6) is 0 Å². The van der Waals surface area contributed by atoms with E-state index in [-0.39, 0.29) is 17.8 Å². The lowest BCUT2D eigenvalue weighted by Crippen LogP contribution is -2.37. The zero-order valence-electron chi connectivity index (χ0n) is 11.0. The maximum atomic E-state index is 13.2. The number of carbonyl (C=O) groups is 1. The molecule has 1 aromatic carbocycles. The molecule has 100 valence electrons. The monoisotopic (exact) mass is 315 g/mol. The van der Waals surface area contributed by atoms with Gasteiger partial charge in [-0.25, -0.2) is 4.39 Å². The molecular weight excluding hydrogens is 297 g/mol. The van der Waals surface area contributed by atoms with E-state index in [9.17, 15) is 9.18 Å². The molecule has 0 spiro atoms. The van der Waals surface area contributed by atoms with E-state index >= 15 is 0 Å². The molecule has 0 aliphatic rings. The van der Waals surface area contributed by atoms with Crippen molar-refractivity contribution in [2.45, 2.75) is 33.2 Å². The van der Waals surface area contributed by atoms with Gasteiger partial charge < -0.3 is 5.32 Å². The molecule has 0 bridgehead atoms. The summed E-state index contributed by atoms with van der Waals surface area (Å²) in [7, 11) is 0. The summed E-state index contributed by atoms with van der Waals surface area (Å²) in [6.45, 7) is 5.98. The van der Waals surface area contributed by atoms with E-state index in [1.54, 1.807) is 13.0 Å². The predicted molar refractivity (Wildman–Crippen MR) is 75.6 cm³/mol. The second-order valence-corrected chi connectivity index (χ2v) is 5.62. The van der Waals surface area contributed by atoms with Crippen molar-refractivity contribution in [3.63, 3.8) is 0 Å². The van der Waals surface area contributed by atoms with Crippen molar-refractivity contribution in [1.82, 2.24) is 5.32 Å². The molecule has 0 heterocycles. The number of rotatable bonds is 5. The van der Waals surface area contributed by atoms with Crippen molar-refractivity contribution in [1.29, 1.82) is 0 Å². The Labute approximate surface area is 116 Å². The van der Waals surface area contributed by atoms with Gasteiger partial charge in [-0.1, -0.05) is 29.8 Å². The highest BCUT2D eigenvalue weighted by Gasteiger charge is 2.14. The first-order valence-electron chi connectivity index (χ1n) is 6.06. The van der Waals surface area contributed by atoms with E-state index in [1.165, 1.54) is 12.1 Å². The van der Waals surface area contributed by atoms with Gasteiger partial charge in [0.05, 0.1) is 0 Å². The average Bonchev–Trinajstić information content (AvgIpc) is 2.26. The maximum Gasteiger partial charge on any atom is 0.251 e. The van der Waals surface area contributed by atoms with Crippen LogP contribution in [0.3, 0.4) is 0 Å². The number of nitrogens with one attached hydrogen (secondary N) is 1. The summed E-state index contributed by atoms with van der Waals surface area (Å²) in [6.07, 6.45) is 0.894. The lowest BCUT2D eigenvalue weighted by atomic mass is 10.0. The third kappa shape index (κ3) is 4.77. The Morgan fingerprint density at radius 2 is 2.06 bits per heavy atom. The smallest absolute Gasteiger partial charge is 0.251 e. The third-order valence-corrected chi connectivity index (χ3v) is 3.36. The Kier molecular flexibility index (Phi) is 5.79. The Morgan fingerprint density at radius 3 is 2.56 bits per heavy atom. The van der Waals surface area contributed by atoms with Gasteiger partial charge in [-0.15, -0.1) is 0 Å². The first-order valence-corrected chi connectivity index (χ1v) is 7.18. The Morgan fingerprint density at radius 1 is 1.39 bits per heavy atom. The maximum absolute atomic E-state index is 13.2. The zero-order valence-corrected chi connectivity index (χ0v) is 12.6. The Balaban J connectivity index is 2.74. The van der Waals surface area contributed by atoms with Crippen LogP contribution in [0.25, 0.3) is 0 Å². The Bertz CT molecular complexity index is 400. The van der Waals surface area contributed by atoms with E-state index in [1.807, 2.05) is 0 Å². The second-order valence-electron chi connectivity index (χ2n) is 4.97. The van der Waals surface area contributed by atoms with Crippen LogP contribution in [-0.2, 0) is 0 Å². The fraction of sp³-hybridized carbons (Fsp3) is 0.500. The van der Waals surface area contributed by atoms with Crippen molar-refractivity contribution in [2.75, 3.05) is 5.33 Å². The number of carbonyl (C=O) groups excluding carboxylic acids is 1. The number of alkyl halides is 1. The van der Waals surface area contributed by atoms with E-state index < -0.39 is 0 Å². The summed E-state index contributed by atoms with van der Waals surface area (Å²) in [5, 5.41) is 3.62. The fourth-order valence-electron chi connectivity index (χ4n) is 1.87. The van der Waals surface area contributed by atoms with Gasteiger partial charge in [-0.05, 0) is 43.0 Å². The van der Waals surface area contributed by atoms with Crippen LogP contribution in [0.1, 0.15) is 36.2 Å². The quantitative estimate of drug-likeness (QED) is 0.825. The van der Waals surface area contributed by atoms with Crippen molar-refractivity contribution in [3.8, 4) is 0 Å². The molecule has 0 aliphatic carbocycles. The number of aryl methyl sites for hydroxylation is 1. The van der Waals surface area contributed by atoms with E-state index in [2.05, 4.69) is 35.1 Å². The van der Waals surface area contributed by atoms with Crippen molar-refractivity contribution in [3.05, 3.63) is 35.1 Å². The zero-order chi connectivity index (χ0) is 13.7. The average molecular weight is 316 g/mol. The lowest BCUT2D eigenvalue weighted by molar-refractivity contribution is 0.0936. The normalized spacial score (nSPS) is 12.6. The van der Waals surface area contributed by atoms with Gasteiger partial charge >= 0.3 is 0 Å².